The number of hydrogen-bond acceptors (Lipinski definition) is 2. The predicted molar refractivity (Wildman–Crippen MR) is 58.3 cm³/mol. The molecular formula is C12H23NO. The van der Waals surface area contributed by atoms with Gasteiger partial charge in [0.05, 0.1) is 0 Å². The van der Waals surface area contributed by atoms with E-state index in [1.54, 1.807) is 0 Å². The van der Waals surface area contributed by atoms with E-state index in [2.05, 4.69) is 12.2 Å². The minimum Gasteiger partial charge on any atom is -0.381 e. The fraction of sp³-hybridized carbons (Fsp3) is 1.00. The summed E-state index contributed by atoms with van der Waals surface area (Å²) in [6.07, 6.45) is 5.44. The third kappa shape index (κ3) is 2.71. The molecule has 2 heterocycles. The number of rotatable bonds is 2. The summed E-state index contributed by atoms with van der Waals surface area (Å²) < 4.78 is 5.40. The van der Waals surface area contributed by atoms with Crippen molar-refractivity contribution in [1.29, 1.82) is 0 Å². The normalized spacial score (nSPS) is 35.8. The second-order valence-electron chi connectivity index (χ2n) is 5.02. The first kappa shape index (κ1) is 10.4. The summed E-state index contributed by atoms with van der Waals surface area (Å²) >= 11 is 0. The first-order valence-electron chi connectivity index (χ1n) is 6.14. The van der Waals surface area contributed by atoms with Crippen molar-refractivity contribution in [3.63, 3.8) is 0 Å². The van der Waals surface area contributed by atoms with Gasteiger partial charge in [-0.1, -0.05) is 6.92 Å². The van der Waals surface area contributed by atoms with E-state index in [0.717, 1.165) is 31.0 Å². The fourth-order valence-corrected chi connectivity index (χ4v) is 2.83. The van der Waals surface area contributed by atoms with Crippen LogP contribution >= 0.6 is 0 Å². The summed E-state index contributed by atoms with van der Waals surface area (Å²) in [4.78, 5) is 0. The van der Waals surface area contributed by atoms with Gasteiger partial charge in [-0.3, -0.25) is 0 Å². The van der Waals surface area contributed by atoms with E-state index in [1.807, 2.05) is 0 Å². The third-order valence-corrected chi connectivity index (χ3v) is 3.94. The number of piperidine rings is 1. The topological polar surface area (TPSA) is 21.3 Å². The SMILES string of the molecule is CC1CNCCC1CC1CCOCC1. The Kier molecular flexibility index (Phi) is 3.82. The Bertz CT molecular complexity index is 166. The van der Waals surface area contributed by atoms with Crippen LogP contribution in [0.5, 0.6) is 0 Å². The molecule has 0 saturated carbocycles. The number of hydrogen-bond donors (Lipinski definition) is 1. The molecular weight excluding hydrogens is 174 g/mol. The molecule has 2 unspecified atom stereocenters. The van der Waals surface area contributed by atoms with Crippen molar-refractivity contribution in [2.24, 2.45) is 17.8 Å². The summed E-state index contributed by atoms with van der Waals surface area (Å²) in [6, 6.07) is 0. The monoisotopic (exact) mass is 197 g/mol. The number of nitrogens with one attached hydrogen (secondary N) is 1. The molecule has 0 bridgehead atoms. The average molecular weight is 197 g/mol. The molecule has 2 atom stereocenters. The molecule has 82 valence electrons. The Balaban J connectivity index is 1.76. The summed E-state index contributed by atoms with van der Waals surface area (Å²) in [7, 11) is 0. The smallest absolute Gasteiger partial charge is 0.0468 e. The van der Waals surface area contributed by atoms with Crippen LogP contribution in [-0.2, 0) is 4.74 Å². The van der Waals surface area contributed by atoms with Crippen LogP contribution in [0.25, 0.3) is 0 Å². The van der Waals surface area contributed by atoms with Gasteiger partial charge in [-0.25, -0.2) is 0 Å². The molecule has 0 amide bonds. The van der Waals surface area contributed by atoms with Crippen molar-refractivity contribution in [3.8, 4) is 0 Å². The van der Waals surface area contributed by atoms with Gasteiger partial charge < -0.3 is 10.1 Å². The minimum absolute atomic E-state index is 0.881. The first-order chi connectivity index (χ1) is 6.86. The lowest BCUT2D eigenvalue weighted by Gasteiger charge is -2.33. The Morgan fingerprint density at radius 1 is 1.21 bits per heavy atom. The molecule has 0 aromatic heterocycles. The van der Waals surface area contributed by atoms with Gasteiger partial charge in [0.2, 0.25) is 0 Å². The molecule has 0 aliphatic carbocycles. The van der Waals surface area contributed by atoms with Crippen molar-refractivity contribution in [1.82, 2.24) is 5.32 Å². The molecule has 0 aromatic carbocycles. The number of ether oxygens (including phenoxy) is 1. The third-order valence-electron chi connectivity index (χ3n) is 3.94. The van der Waals surface area contributed by atoms with E-state index in [1.165, 1.54) is 38.8 Å². The average Bonchev–Trinajstić information content (AvgIpc) is 2.23. The summed E-state index contributed by atoms with van der Waals surface area (Å²) in [5.41, 5.74) is 0. The van der Waals surface area contributed by atoms with Gasteiger partial charge in [-0.2, -0.15) is 0 Å². The van der Waals surface area contributed by atoms with E-state index in [4.69, 9.17) is 4.74 Å². The van der Waals surface area contributed by atoms with Crippen LogP contribution in [0.3, 0.4) is 0 Å². The van der Waals surface area contributed by atoms with Crippen molar-refractivity contribution in [2.75, 3.05) is 26.3 Å². The van der Waals surface area contributed by atoms with Crippen LogP contribution in [-0.4, -0.2) is 26.3 Å². The van der Waals surface area contributed by atoms with Crippen molar-refractivity contribution in [2.45, 2.75) is 32.6 Å². The Morgan fingerprint density at radius 2 is 2.00 bits per heavy atom. The minimum atomic E-state index is 0.881. The summed E-state index contributed by atoms with van der Waals surface area (Å²) in [6.45, 7) is 6.87. The van der Waals surface area contributed by atoms with Crippen LogP contribution in [0, 0.1) is 17.8 Å². The highest BCUT2D eigenvalue weighted by Gasteiger charge is 2.25. The zero-order valence-electron chi connectivity index (χ0n) is 9.30. The van der Waals surface area contributed by atoms with Gasteiger partial charge in [0, 0.05) is 13.2 Å². The molecule has 14 heavy (non-hydrogen) atoms. The maximum absolute atomic E-state index is 5.40. The molecule has 0 aromatic rings. The van der Waals surface area contributed by atoms with Crippen LogP contribution in [0.1, 0.15) is 32.6 Å². The lowest BCUT2D eigenvalue weighted by Crippen LogP contribution is -2.36. The Labute approximate surface area is 87.4 Å². The van der Waals surface area contributed by atoms with Gasteiger partial charge in [0.15, 0.2) is 0 Å². The van der Waals surface area contributed by atoms with E-state index in [9.17, 15) is 0 Å². The van der Waals surface area contributed by atoms with Gasteiger partial charge in [-0.15, -0.1) is 0 Å². The summed E-state index contributed by atoms with van der Waals surface area (Å²) in [5, 5.41) is 3.48. The highest BCUT2D eigenvalue weighted by atomic mass is 16.5. The van der Waals surface area contributed by atoms with Crippen molar-refractivity contribution in [3.05, 3.63) is 0 Å². The van der Waals surface area contributed by atoms with Crippen LogP contribution < -0.4 is 5.32 Å². The molecule has 2 aliphatic heterocycles. The fourth-order valence-electron chi connectivity index (χ4n) is 2.83. The highest BCUT2D eigenvalue weighted by Crippen LogP contribution is 2.30. The molecule has 2 heteroatoms. The second kappa shape index (κ2) is 5.13. The molecule has 2 aliphatic rings. The van der Waals surface area contributed by atoms with Crippen LogP contribution in [0.4, 0.5) is 0 Å². The van der Waals surface area contributed by atoms with Gasteiger partial charge in [-0.05, 0) is 56.5 Å². The maximum Gasteiger partial charge on any atom is 0.0468 e. The van der Waals surface area contributed by atoms with Crippen molar-refractivity contribution >= 4 is 0 Å². The predicted octanol–water partition coefficient (Wildman–Crippen LogP) is 2.05. The molecule has 2 fully saturated rings. The highest BCUT2D eigenvalue weighted by molar-refractivity contribution is 4.78. The van der Waals surface area contributed by atoms with E-state index < -0.39 is 0 Å². The maximum atomic E-state index is 5.40. The Hall–Kier alpha value is -0.0800. The van der Waals surface area contributed by atoms with Gasteiger partial charge in [0.25, 0.3) is 0 Å². The van der Waals surface area contributed by atoms with E-state index in [-0.39, 0.29) is 0 Å². The molecule has 1 N–H and O–H groups in total. The van der Waals surface area contributed by atoms with Gasteiger partial charge >= 0.3 is 0 Å². The van der Waals surface area contributed by atoms with Crippen LogP contribution in [0.2, 0.25) is 0 Å². The second-order valence-corrected chi connectivity index (χ2v) is 5.02. The lowest BCUT2D eigenvalue weighted by molar-refractivity contribution is 0.0527. The zero-order valence-corrected chi connectivity index (χ0v) is 9.30. The standard InChI is InChI=1S/C12H23NO/c1-10-9-13-5-2-12(10)8-11-3-6-14-7-4-11/h10-13H,2-9H2,1H3. The van der Waals surface area contributed by atoms with E-state index in [0.29, 0.717) is 0 Å². The molecule has 2 saturated heterocycles. The molecule has 0 spiro atoms. The molecule has 0 radical (unpaired) electrons. The zero-order chi connectivity index (χ0) is 9.80. The lowest BCUT2D eigenvalue weighted by atomic mass is 9.79. The van der Waals surface area contributed by atoms with E-state index >= 15 is 0 Å². The van der Waals surface area contributed by atoms with Gasteiger partial charge in [0.1, 0.15) is 0 Å². The summed E-state index contributed by atoms with van der Waals surface area (Å²) in [5.74, 6) is 2.81. The quantitative estimate of drug-likeness (QED) is 0.731. The molecule has 2 rings (SSSR count). The Morgan fingerprint density at radius 3 is 2.71 bits per heavy atom. The first-order valence-corrected chi connectivity index (χ1v) is 6.14. The van der Waals surface area contributed by atoms with Crippen LogP contribution in [0.15, 0.2) is 0 Å². The largest absolute Gasteiger partial charge is 0.381 e. The molecule has 2 nitrogen and oxygen atoms in total. The van der Waals surface area contributed by atoms with Crippen molar-refractivity contribution < 1.29 is 4.74 Å².